The first-order valence-corrected chi connectivity index (χ1v) is 12.2. The van der Waals surface area contributed by atoms with Crippen LogP contribution in [0.4, 0.5) is 29.2 Å². The maximum absolute atomic E-state index is 4.76. The van der Waals surface area contributed by atoms with E-state index in [1.54, 1.807) is 0 Å². The summed E-state index contributed by atoms with van der Waals surface area (Å²) in [5.41, 5.74) is 1.94. The van der Waals surface area contributed by atoms with E-state index in [0.29, 0.717) is 17.8 Å². The lowest BCUT2D eigenvalue weighted by Gasteiger charge is -2.24. The van der Waals surface area contributed by atoms with Crippen LogP contribution in [-0.2, 0) is 0 Å². The Morgan fingerprint density at radius 3 is 1.48 bits per heavy atom. The summed E-state index contributed by atoms with van der Waals surface area (Å²) in [5.74, 6) is 1.73. The van der Waals surface area contributed by atoms with Gasteiger partial charge in [-0.3, -0.25) is 4.90 Å². The minimum atomic E-state index is 0.567. The zero-order valence-electron chi connectivity index (χ0n) is 17.9. The van der Waals surface area contributed by atoms with Gasteiger partial charge in [0, 0.05) is 33.4 Å². The van der Waals surface area contributed by atoms with Crippen LogP contribution < -0.4 is 15.5 Å². The summed E-state index contributed by atoms with van der Waals surface area (Å²) in [5, 5.41) is 6.70. The van der Waals surface area contributed by atoms with Crippen molar-refractivity contribution in [1.29, 1.82) is 0 Å². The number of hydrogen-bond acceptors (Lipinski definition) is 6. The van der Waals surface area contributed by atoms with Gasteiger partial charge in [-0.1, -0.05) is 58.5 Å². The Kier molecular flexibility index (Phi) is 9.09. The Balaban J connectivity index is 2.04. The van der Waals surface area contributed by atoms with Crippen LogP contribution in [0.5, 0.6) is 0 Å². The fourth-order valence-corrected chi connectivity index (χ4v) is 3.47. The Morgan fingerprint density at radius 1 is 0.677 bits per heavy atom. The second-order valence-corrected chi connectivity index (χ2v) is 8.96. The fourth-order valence-electron chi connectivity index (χ4n) is 2.94. The highest BCUT2D eigenvalue weighted by Crippen LogP contribution is 2.34. The molecule has 3 rings (SSSR count). The van der Waals surface area contributed by atoms with E-state index in [4.69, 9.17) is 9.97 Å². The molecule has 0 saturated heterocycles. The molecule has 0 bridgehead atoms. The predicted octanol–water partition coefficient (Wildman–Crippen LogP) is 7.29. The SMILES string of the molecule is CCCCNc1nc(NCCCC)nc(N(c2ccc(Br)cc2)c2ccc(Br)cc2)n1. The van der Waals surface area contributed by atoms with Gasteiger partial charge in [0.15, 0.2) is 0 Å². The van der Waals surface area contributed by atoms with Crippen molar-refractivity contribution in [3.63, 3.8) is 0 Å². The molecular formula is C23H28Br2N6. The fraction of sp³-hybridized carbons (Fsp3) is 0.348. The number of nitrogens with zero attached hydrogens (tertiary/aromatic N) is 4. The number of aromatic nitrogens is 3. The van der Waals surface area contributed by atoms with Crippen molar-refractivity contribution in [3.05, 3.63) is 57.5 Å². The maximum Gasteiger partial charge on any atom is 0.241 e. The first kappa shape index (κ1) is 23.5. The van der Waals surface area contributed by atoms with E-state index in [1.807, 2.05) is 53.4 Å². The molecule has 0 aliphatic carbocycles. The Labute approximate surface area is 201 Å². The monoisotopic (exact) mass is 546 g/mol. The molecule has 8 heteroatoms. The highest BCUT2D eigenvalue weighted by Gasteiger charge is 2.18. The molecule has 0 unspecified atom stereocenters. The molecule has 0 spiro atoms. The molecule has 1 aromatic heterocycles. The Hall–Kier alpha value is -2.19. The van der Waals surface area contributed by atoms with Crippen LogP contribution in [0.3, 0.4) is 0 Å². The van der Waals surface area contributed by atoms with Gasteiger partial charge in [-0.2, -0.15) is 15.0 Å². The molecule has 31 heavy (non-hydrogen) atoms. The van der Waals surface area contributed by atoms with Gasteiger partial charge in [-0.15, -0.1) is 0 Å². The van der Waals surface area contributed by atoms with Crippen molar-refractivity contribution in [2.24, 2.45) is 0 Å². The number of halogens is 2. The maximum atomic E-state index is 4.76. The van der Waals surface area contributed by atoms with Gasteiger partial charge < -0.3 is 10.6 Å². The van der Waals surface area contributed by atoms with Crippen LogP contribution >= 0.6 is 31.9 Å². The molecule has 0 aliphatic heterocycles. The molecule has 6 nitrogen and oxygen atoms in total. The minimum Gasteiger partial charge on any atom is -0.354 e. The van der Waals surface area contributed by atoms with E-state index in [9.17, 15) is 0 Å². The molecule has 1 heterocycles. The number of nitrogens with one attached hydrogen (secondary N) is 2. The highest BCUT2D eigenvalue weighted by molar-refractivity contribution is 9.10. The molecule has 164 valence electrons. The molecule has 0 amide bonds. The number of unbranched alkanes of at least 4 members (excludes halogenated alkanes) is 2. The lowest BCUT2D eigenvalue weighted by molar-refractivity contribution is 0.814. The second-order valence-electron chi connectivity index (χ2n) is 7.13. The van der Waals surface area contributed by atoms with Gasteiger partial charge in [0.1, 0.15) is 0 Å². The molecule has 3 aromatic rings. The lowest BCUT2D eigenvalue weighted by Crippen LogP contribution is -2.18. The molecule has 0 atom stereocenters. The van der Waals surface area contributed by atoms with Crippen molar-refractivity contribution in [3.8, 4) is 0 Å². The van der Waals surface area contributed by atoms with Crippen LogP contribution in [0.25, 0.3) is 0 Å². The number of benzene rings is 2. The zero-order valence-corrected chi connectivity index (χ0v) is 21.1. The summed E-state index contributed by atoms with van der Waals surface area (Å²) < 4.78 is 2.04. The van der Waals surface area contributed by atoms with Gasteiger partial charge in [-0.25, -0.2) is 0 Å². The van der Waals surface area contributed by atoms with Crippen LogP contribution in [0, 0.1) is 0 Å². The van der Waals surface area contributed by atoms with Crippen molar-refractivity contribution < 1.29 is 0 Å². The summed E-state index contributed by atoms with van der Waals surface area (Å²) in [7, 11) is 0. The average Bonchev–Trinajstić information content (AvgIpc) is 2.77. The van der Waals surface area contributed by atoms with Crippen LogP contribution in [-0.4, -0.2) is 28.0 Å². The second kappa shape index (κ2) is 12.0. The third-order valence-electron chi connectivity index (χ3n) is 4.62. The van der Waals surface area contributed by atoms with E-state index >= 15 is 0 Å². The molecule has 2 aromatic carbocycles. The smallest absolute Gasteiger partial charge is 0.241 e. The lowest BCUT2D eigenvalue weighted by atomic mass is 10.2. The number of rotatable bonds is 11. The summed E-state index contributed by atoms with van der Waals surface area (Å²) in [6.45, 7) is 5.98. The van der Waals surface area contributed by atoms with E-state index in [-0.39, 0.29) is 0 Å². The zero-order chi connectivity index (χ0) is 22.1. The van der Waals surface area contributed by atoms with Gasteiger partial charge in [0.2, 0.25) is 17.8 Å². The van der Waals surface area contributed by atoms with Crippen LogP contribution in [0.1, 0.15) is 39.5 Å². The molecule has 0 fully saturated rings. The summed E-state index contributed by atoms with van der Waals surface area (Å²) in [4.78, 5) is 16.1. The standard InChI is InChI=1S/C23H28Br2N6/c1-3-5-15-26-21-28-22(27-16-6-4-2)30-23(29-21)31(19-11-7-17(24)8-12-19)20-13-9-18(25)10-14-20/h7-14H,3-6,15-16H2,1-2H3,(H2,26,27,28,29,30). The van der Waals surface area contributed by atoms with Crippen molar-refractivity contribution in [1.82, 2.24) is 15.0 Å². The van der Waals surface area contributed by atoms with Gasteiger partial charge >= 0.3 is 0 Å². The molecular weight excluding hydrogens is 520 g/mol. The Morgan fingerprint density at radius 2 is 1.10 bits per heavy atom. The normalized spacial score (nSPS) is 10.7. The molecule has 0 saturated carbocycles. The summed E-state index contributed by atoms with van der Waals surface area (Å²) >= 11 is 7.05. The topological polar surface area (TPSA) is 66.0 Å². The van der Waals surface area contributed by atoms with Crippen molar-refractivity contribution >= 4 is 61.1 Å². The van der Waals surface area contributed by atoms with E-state index in [0.717, 1.165) is 59.1 Å². The predicted molar refractivity (Wildman–Crippen MR) is 137 cm³/mol. The summed E-state index contributed by atoms with van der Waals surface area (Å²) in [6, 6.07) is 16.3. The largest absolute Gasteiger partial charge is 0.354 e. The van der Waals surface area contributed by atoms with Gasteiger partial charge in [0.05, 0.1) is 0 Å². The first-order chi connectivity index (χ1) is 15.1. The number of hydrogen-bond donors (Lipinski definition) is 2. The molecule has 2 N–H and O–H groups in total. The molecule has 0 radical (unpaired) electrons. The van der Waals surface area contributed by atoms with Crippen LogP contribution in [0.15, 0.2) is 57.5 Å². The van der Waals surface area contributed by atoms with Crippen molar-refractivity contribution in [2.75, 3.05) is 28.6 Å². The first-order valence-electron chi connectivity index (χ1n) is 10.7. The van der Waals surface area contributed by atoms with Crippen molar-refractivity contribution in [2.45, 2.75) is 39.5 Å². The average molecular weight is 548 g/mol. The third-order valence-corrected chi connectivity index (χ3v) is 5.68. The van der Waals surface area contributed by atoms with E-state index in [1.165, 1.54) is 0 Å². The van der Waals surface area contributed by atoms with E-state index in [2.05, 4.69) is 61.3 Å². The van der Waals surface area contributed by atoms with Gasteiger partial charge in [0.25, 0.3) is 0 Å². The van der Waals surface area contributed by atoms with Gasteiger partial charge in [-0.05, 0) is 61.4 Å². The number of anilines is 5. The quantitative estimate of drug-likeness (QED) is 0.246. The van der Waals surface area contributed by atoms with E-state index < -0.39 is 0 Å². The Bertz CT molecular complexity index is 874. The van der Waals surface area contributed by atoms with Crippen LogP contribution in [0.2, 0.25) is 0 Å². The molecule has 0 aliphatic rings. The minimum absolute atomic E-state index is 0.567. The summed E-state index contributed by atoms with van der Waals surface area (Å²) in [6.07, 6.45) is 4.33. The third kappa shape index (κ3) is 6.90. The highest BCUT2D eigenvalue weighted by atomic mass is 79.9.